The van der Waals surface area contributed by atoms with Gasteiger partial charge in [0, 0.05) is 36.1 Å². The number of non-ortho nitro benzene ring substituents is 2. The Labute approximate surface area is 260 Å². The highest BCUT2D eigenvalue weighted by Gasteiger charge is 2.60. The average molecular weight is 631 g/mol. The zero-order valence-corrected chi connectivity index (χ0v) is 24.3. The van der Waals surface area contributed by atoms with Gasteiger partial charge in [-0.05, 0) is 59.7 Å². The Morgan fingerprint density at radius 2 is 0.957 bits per heavy atom. The molecule has 0 aromatic heterocycles. The minimum atomic E-state index is -1.19. The number of nitro groups is 2. The van der Waals surface area contributed by atoms with Crippen LogP contribution in [-0.2, 0) is 9.59 Å². The summed E-state index contributed by atoms with van der Waals surface area (Å²) in [4.78, 5) is 48.7. The van der Waals surface area contributed by atoms with Crippen molar-refractivity contribution in [2.75, 3.05) is 14.2 Å². The first kappa shape index (κ1) is 31.3. The van der Waals surface area contributed by atoms with Crippen molar-refractivity contribution in [3.8, 4) is 34.5 Å². The third-order valence-corrected chi connectivity index (χ3v) is 7.80. The largest absolute Gasteiger partial charge is 0.504 e. The molecular formula is C32H26N2O12. The summed E-state index contributed by atoms with van der Waals surface area (Å²) in [5.41, 5.74) is 0.556. The third kappa shape index (κ3) is 6.08. The smallest absolute Gasteiger partial charge is 0.315 e. The van der Waals surface area contributed by atoms with Gasteiger partial charge in [0.2, 0.25) is 0 Å². The van der Waals surface area contributed by atoms with Crippen LogP contribution in [0.5, 0.6) is 34.5 Å². The molecule has 46 heavy (non-hydrogen) atoms. The van der Waals surface area contributed by atoms with E-state index in [1.165, 1.54) is 62.8 Å². The number of phenolic OH excluding ortho intramolecular Hbond substituents is 2. The number of esters is 2. The standard InChI is InChI=1S/C32H26N2O12/c1-43-25-15-17(3-13-23(25)35)27-28(18-4-14-24(36)26(16-18)44-2)30(32(38)46-22-11-7-20(8-12-22)34(41)42)29(27)31(37)45-21-9-5-19(6-10-21)33(39)40/h3-16,27-30,35-36H,1-2H3/t27-,28+,29+,30-. The highest BCUT2D eigenvalue weighted by Crippen LogP contribution is 2.60. The number of aromatic hydroxyl groups is 2. The molecule has 4 aromatic carbocycles. The van der Waals surface area contributed by atoms with E-state index in [-0.39, 0.29) is 45.9 Å². The molecule has 1 saturated carbocycles. The van der Waals surface area contributed by atoms with E-state index in [1.54, 1.807) is 12.1 Å². The maximum absolute atomic E-state index is 13.9. The van der Waals surface area contributed by atoms with Gasteiger partial charge in [0.05, 0.1) is 35.9 Å². The molecular weight excluding hydrogens is 604 g/mol. The van der Waals surface area contributed by atoms with E-state index >= 15 is 0 Å². The number of benzene rings is 4. The van der Waals surface area contributed by atoms with Crippen molar-refractivity contribution in [1.29, 1.82) is 0 Å². The first-order chi connectivity index (χ1) is 22.0. The minimum Gasteiger partial charge on any atom is -0.504 e. The lowest BCUT2D eigenvalue weighted by Crippen LogP contribution is -2.53. The maximum Gasteiger partial charge on any atom is 0.315 e. The summed E-state index contributed by atoms with van der Waals surface area (Å²) >= 11 is 0. The van der Waals surface area contributed by atoms with Gasteiger partial charge in [-0.15, -0.1) is 0 Å². The van der Waals surface area contributed by atoms with E-state index in [0.29, 0.717) is 11.1 Å². The topological polar surface area (TPSA) is 198 Å². The molecule has 0 unspecified atom stereocenters. The Morgan fingerprint density at radius 1 is 0.609 bits per heavy atom. The number of nitro benzene ring substituents is 2. The Balaban J connectivity index is 1.59. The molecule has 1 aliphatic carbocycles. The first-order valence-corrected chi connectivity index (χ1v) is 13.7. The molecule has 0 heterocycles. The van der Waals surface area contributed by atoms with Crippen molar-refractivity contribution >= 4 is 23.3 Å². The number of methoxy groups -OCH3 is 2. The number of ether oxygens (including phenoxy) is 4. The van der Waals surface area contributed by atoms with E-state index in [1.807, 2.05) is 0 Å². The van der Waals surface area contributed by atoms with Gasteiger partial charge < -0.3 is 29.2 Å². The fourth-order valence-electron chi connectivity index (χ4n) is 5.61. The van der Waals surface area contributed by atoms with Crippen LogP contribution >= 0.6 is 0 Å². The van der Waals surface area contributed by atoms with Crippen LogP contribution < -0.4 is 18.9 Å². The molecule has 4 aromatic rings. The van der Waals surface area contributed by atoms with E-state index in [2.05, 4.69) is 0 Å². The number of carbonyl (C=O) groups excluding carboxylic acids is 2. The molecule has 0 bridgehead atoms. The molecule has 0 radical (unpaired) electrons. The molecule has 236 valence electrons. The van der Waals surface area contributed by atoms with Gasteiger partial charge in [-0.3, -0.25) is 29.8 Å². The van der Waals surface area contributed by atoms with Gasteiger partial charge in [-0.25, -0.2) is 0 Å². The molecule has 1 aliphatic rings. The van der Waals surface area contributed by atoms with Gasteiger partial charge >= 0.3 is 11.9 Å². The molecule has 0 amide bonds. The van der Waals surface area contributed by atoms with Gasteiger partial charge in [-0.1, -0.05) is 12.1 Å². The molecule has 1 fully saturated rings. The summed E-state index contributed by atoms with van der Waals surface area (Å²) < 4.78 is 21.8. The van der Waals surface area contributed by atoms with Crippen LogP contribution in [0.1, 0.15) is 23.0 Å². The summed E-state index contributed by atoms with van der Waals surface area (Å²) in [7, 11) is 2.71. The van der Waals surface area contributed by atoms with Crippen molar-refractivity contribution in [1.82, 2.24) is 0 Å². The molecule has 0 spiro atoms. The van der Waals surface area contributed by atoms with Crippen molar-refractivity contribution < 1.29 is 48.6 Å². The second-order valence-electron chi connectivity index (χ2n) is 10.3. The van der Waals surface area contributed by atoms with Crippen molar-refractivity contribution in [3.05, 3.63) is 116 Å². The monoisotopic (exact) mass is 630 g/mol. The fraction of sp³-hybridized carbons (Fsp3) is 0.188. The molecule has 4 atom stereocenters. The van der Waals surface area contributed by atoms with Gasteiger partial charge in [0.25, 0.3) is 11.4 Å². The Kier molecular flexibility index (Phi) is 8.71. The van der Waals surface area contributed by atoms with Crippen molar-refractivity contribution in [2.24, 2.45) is 11.8 Å². The second-order valence-corrected chi connectivity index (χ2v) is 10.3. The molecule has 0 aliphatic heterocycles. The van der Waals surface area contributed by atoms with Crippen LogP contribution in [0, 0.1) is 32.1 Å². The fourth-order valence-corrected chi connectivity index (χ4v) is 5.61. The number of phenols is 2. The molecule has 0 saturated heterocycles. The Hall–Kier alpha value is -6.18. The number of hydrogen-bond acceptors (Lipinski definition) is 12. The normalized spacial score (nSPS) is 18.5. The van der Waals surface area contributed by atoms with Crippen LogP contribution in [0.4, 0.5) is 11.4 Å². The lowest BCUT2D eigenvalue weighted by molar-refractivity contribution is -0.385. The van der Waals surface area contributed by atoms with Crippen LogP contribution in [0.15, 0.2) is 84.9 Å². The maximum atomic E-state index is 13.9. The Bertz CT molecular complexity index is 1670. The highest BCUT2D eigenvalue weighted by atomic mass is 16.6. The highest BCUT2D eigenvalue weighted by molar-refractivity contribution is 5.89. The summed E-state index contributed by atoms with van der Waals surface area (Å²) in [5, 5.41) is 42.7. The average Bonchev–Trinajstić information content (AvgIpc) is 3.02. The predicted molar refractivity (Wildman–Crippen MR) is 159 cm³/mol. The van der Waals surface area contributed by atoms with E-state index in [0.717, 1.165) is 24.3 Å². The van der Waals surface area contributed by atoms with Crippen LogP contribution in [-0.4, -0.2) is 46.2 Å². The summed E-state index contributed by atoms with van der Waals surface area (Å²) in [6.45, 7) is 0. The minimum absolute atomic E-state index is 0.00474. The predicted octanol–water partition coefficient (Wildman–Crippen LogP) is 5.26. The van der Waals surface area contributed by atoms with E-state index in [4.69, 9.17) is 18.9 Å². The van der Waals surface area contributed by atoms with E-state index < -0.39 is 45.5 Å². The molecule has 2 N–H and O–H groups in total. The van der Waals surface area contributed by atoms with Crippen LogP contribution in [0.3, 0.4) is 0 Å². The number of hydrogen-bond donors (Lipinski definition) is 2. The molecule has 5 rings (SSSR count). The third-order valence-electron chi connectivity index (χ3n) is 7.80. The van der Waals surface area contributed by atoms with Crippen molar-refractivity contribution in [3.63, 3.8) is 0 Å². The van der Waals surface area contributed by atoms with Crippen LogP contribution in [0.2, 0.25) is 0 Å². The van der Waals surface area contributed by atoms with Gasteiger partial charge in [-0.2, -0.15) is 0 Å². The summed E-state index contributed by atoms with van der Waals surface area (Å²) in [6, 6.07) is 18.6. The van der Waals surface area contributed by atoms with Crippen LogP contribution in [0.25, 0.3) is 0 Å². The zero-order valence-electron chi connectivity index (χ0n) is 24.3. The number of carbonyl (C=O) groups is 2. The van der Waals surface area contributed by atoms with Gasteiger partial charge in [0.15, 0.2) is 23.0 Å². The Morgan fingerprint density at radius 3 is 1.26 bits per heavy atom. The summed E-state index contributed by atoms with van der Waals surface area (Å²) in [5.74, 6) is -5.74. The molecule has 14 nitrogen and oxygen atoms in total. The van der Waals surface area contributed by atoms with E-state index in [9.17, 15) is 40.0 Å². The number of nitrogens with zero attached hydrogens (tertiary/aromatic N) is 2. The van der Waals surface area contributed by atoms with Crippen molar-refractivity contribution in [2.45, 2.75) is 11.8 Å². The lowest BCUT2D eigenvalue weighted by atomic mass is 9.52. The first-order valence-electron chi connectivity index (χ1n) is 13.7. The lowest BCUT2D eigenvalue weighted by Gasteiger charge is -2.49. The second kappa shape index (κ2) is 12.8. The molecule has 14 heteroatoms. The SMILES string of the molecule is COc1cc([C@@H]2[C@@H](C(=O)Oc3ccc([N+](=O)[O-])cc3)[C@@H](C(=O)Oc3ccc([N+](=O)[O-])cc3)[C@@H]2c2ccc(O)c(OC)c2)ccc1O. The zero-order chi connectivity index (χ0) is 33.1. The summed E-state index contributed by atoms with van der Waals surface area (Å²) in [6.07, 6.45) is 0. The van der Waals surface area contributed by atoms with Gasteiger partial charge in [0.1, 0.15) is 11.5 Å². The number of rotatable bonds is 10. The quantitative estimate of drug-likeness (QED) is 0.0999.